The molecule has 6 unspecified atom stereocenters. The number of hydrogen-bond acceptors (Lipinski definition) is 12. The Balaban J connectivity index is 0.995. The van der Waals surface area contributed by atoms with Gasteiger partial charge in [-0.25, -0.2) is 8.78 Å². The van der Waals surface area contributed by atoms with Gasteiger partial charge in [0, 0.05) is 22.5 Å². The fraction of sp³-hybridized carbons (Fsp3) is 0.191. The van der Waals surface area contributed by atoms with E-state index < -0.39 is 12.2 Å². The third-order valence-corrected chi connectivity index (χ3v) is 14.2. The second kappa shape index (κ2) is 15.9. The summed E-state index contributed by atoms with van der Waals surface area (Å²) in [7, 11) is 3.32. The molecule has 0 bridgehead atoms. The maximum Gasteiger partial charge on any atom is 0.171 e. The first-order valence-corrected chi connectivity index (χ1v) is 21.4. The standard InChI is InChI=1S/C47H38F2N4O6S2/c1-56-38-21-3-26(24-36(38)46-52(32-13-17-34(54)18-14-32)44-42(60-46)40(58-50-44)28-5-9-30(48)10-6-28)23-27-4-22-39(57-2)37(25-27)47-53(33-15-19-35(55)20-16-33)45-43(61-47)41(59-51-45)29-7-11-31(49)12-8-29/h3-22,24-25,40-43,46-47,54-55H,23H2,1-2H3. The number of benzene rings is 6. The van der Waals surface area contributed by atoms with Gasteiger partial charge in [0.25, 0.3) is 0 Å². The van der Waals surface area contributed by atoms with Crippen LogP contribution >= 0.6 is 23.5 Å². The average molecular weight is 857 g/mol. The van der Waals surface area contributed by atoms with Gasteiger partial charge in [0.1, 0.15) is 55.9 Å². The van der Waals surface area contributed by atoms with Crippen molar-refractivity contribution in [2.24, 2.45) is 10.3 Å². The van der Waals surface area contributed by atoms with E-state index in [2.05, 4.69) is 44.4 Å². The minimum atomic E-state index is -0.435. The number of phenolic OH excluding ortho intramolecular Hbond substituents is 2. The molecule has 6 atom stereocenters. The molecule has 10 rings (SSSR count). The fourth-order valence-corrected chi connectivity index (χ4v) is 11.5. The number of hydrogen-bond donors (Lipinski definition) is 2. The van der Waals surface area contributed by atoms with Crippen molar-refractivity contribution in [1.29, 1.82) is 0 Å². The maximum atomic E-state index is 13.9. The lowest BCUT2D eigenvalue weighted by atomic mass is 9.99. The molecule has 61 heavy (non-hydrogen) atoms. The lowest BCUT2D eigenvalue weighted by Crippen LogP contribution is -2.30. The van der Waals surface area contributed by atoms with E-state index in [0.717, 1.165) is 56.4 Å². The number of phenols is 2. The van der Waals surface area contributed by atoms with Crippen molar-refractivity contribution in [2.75, 3.05) is 24.0 Å². The monoisotopic (exact) mass is 856 g/mol. The van der Waals surface area contributed by atoms with Crippen molar-refractivity contribution in [3.8, 4) is 23.0 Å². The van der Waals surface area contributed by atoms with Crippen LogP contribution in [0.15, 0.2) is 144 Å². The Kier molecular flexibility index (Phi) is 10.1. The largest absolute Gasteiger partial charge is 0.508 e. The van der Waals surface area contributed by atoms with Crippen LogP contribution in [0.3, 0.4) is 0 Å². The Morgan fingerprint density at radius 3 is 1.33 bits per heavy atom. The molecule has 4 aliphatic heterocycles. The number of rotatable bonds is 10. The van der Waals surface area contributed by atoms with Gasteiger partial charge in [-0.1, -0.05) is 46.7 Å². The summed E-state index contributed by atoms with van der Waals surface area (Å²) in [6.07, 6.45) is -0.289. The topological polar surface area (TPSA) is 109 Å². The molecule has 10 nitrogen and oxygen atoms in total. The molecule has 14 heteroatoms. The van der Waals surface area contributed by atoms with Crippen molar-refractivity contribution >= 4 is 46.6 Å². The van der Waals surface area contributed by atoms with Crippen LogP contribution in [0.2, 0.25) is 0 Å². The summed E-state index contributed by atoms with van der Waals surface area (Å²) < 4.78 is 39.9. The first-order chi connectivity index (χ1) is 29.8. The summed E-state index contributed by atoms with van der Waals surface area (Å²) in [6.45, 7) is 0. The third kappa shape index (κ3) is 7.12. The highest BCUT2D eigenvalue weighted by Gasteiger charge is 2.51. The van der Waals surface area contributed by atoms with Crippen LogP contribution in [0.5, 0.6) is 23.0 Å². The number of nitrogens with zero attached hydrogens (tertiary/aromatic N) is 4. The molecule has 0 spiro atoms. The van der Waals surface area contributed by atoms with Gasteiger partial charge in [-0.3, -0.25) is 0 Å². The predicted octanol–water partition coefficient (Wildman–Crippen LogP) is 10.4. The van der Waals surface area contributed by atoms with Gasteiger partial charge >= 0.3 is 0 Å². The minimum Gasteiger partial charge on any atom is -0.508 e. The number of ether oxygens (including phenoxy) is 2. The molecular weight excluding hydrogens is 819 g/mol. The number of anilines is 2. The van der Waals surface area contributed by atoms with Crippen molar-refractivity contribution in [3.63, 3.8) is 0 Å². The molecule has 6 aromatic carbocycles. The lowest BCUT2D eigenvalue weighted by Gasteiger charge is -2.28. The molecule has 4 aliphatic rings. The van der Waals surface area contributed by atoms with E-state index in [1.807, 2.05) is 36.4 Å². The predicted molar refractivity (Wildman–Crippen MR) is 234 cm³/mol. The number of methoxy groups -OCH3 is 2. The average Bonchev–Trinajstić information content (AvgIpc) is 4.06. The summed E-state index contributed by atoms with van der Waals surface area (Å²) in [5.74, 6) is 2.50. The fourth-order valence-electron chi connectivity index (χ4n) is 8.35. The first-order valence-electron chi connectivity index (χ1n) is 19.6. The molecule has 2 saturated heterocycles. The Bertz CT molecular complexity index is 2470. The van der Waals surface area contributed by atoms with E-state index in [4.69, 9.17) is 19.1 Å². The van der Waals surface area contributed by atoms with Gasteiger partial charge in [-0.05, 0) is 126 Å². The SMILES string of the molecule is COc1ccc(Cc2ccc(OC)c(C3SC4C(=NOC4c4ccc(F)cc4)N3c3ccc(O)cc3)c2)cc1C1SC2C(=NOC2c2ccc(F)cc2)N1c1ccc(O)cc1. The highest BCUT2D eigenvalue weighted by atomic mass is 32.2. The second-order valence-electron chi connectivity index (χ2n) is 15.0. The second-order valence-corrected chi connectivity index (χ2v) is 17.4. The zero-order valence-electron chi connectivity index (χ0n) is 32.8. The van der Waals surface area contributed by atoms with Crippen LogP contribution in [0.4, 0.5) is 20.2 Å². The highest BCUT2D eigenvalue weighted by molar-refractivity contribution is 8.01. The Morgan fingerprint density at radius 1 is 0.557 bits per heavy atom. The van der Waals surface area contributed by atoms with Crippen LogP contribution < -0.4 is 19.3 Å². The zero-order chi connectivity index (χ0) is 41.8. The van der Waals surface area contributed by atoms with Gasteiger partial charge in [-0.15, -0.1) is 23.5 Å². The molecule has 2 N–H and O–H groups in total. The molecule has 0 saturated carbocycles. The molecule has 4 heterocycles. The molecule has 0 radical (unpaired) electrons. The van der Waals surface area contributed by atoms with E-state index in [0.29, 0.717) is 17.9 Å². The number of thioether (sulfide) groups is 2. The maximum absolute atomic E-state index is 13.9. The smallest absolute Gasteiger partial charge is 0.171 e. The summed E-state index contributed by atoms with van der Waals surface area (Å²) in [5, 5.41) is 28.5. The molecule has 308 valence electrons. The first kappa shape index (κ1) is 38.8. The van der Waals surface area contributed by atoms with E-state index in [1.165, 1.54) is 24.3 Å². The molecule has 0 aliphatic carbocycles. The van der Waals surface area contributed by atoms with E-state index in [9.17, 15) is 19.0 Å². The van der Waals surface area contributed by atoms with E-state index in [1.54, 1.807) is 86.3 Å². The van der Waals surface area contributed by atoms with Gasteiger partial charge in [-0.2, -0.15) is 0 Å². The van der Waals surface area contributed by atoms with Crippen molar-refractivity contribution in [1.82, 2.24) is 0 Å². The minimum absolute atomic E-state index is 0.148. The summed E-state index contributed by atoms with van der Waals surface area (Å²) in [6, 6.07) is 39.1. The summed E-state index contributed by atoms with van der Waals surface area (Å²) in [4.78, 5) is 16.2. The quantitative estimate of drug-likeness (QED) is 0.138. The third-order valence-electron chi connectivity index (χ3n) is 11.3. The normalized spacial score (nSPS) is 22.6. The number of aromatic hydroxyl groups is 2. The number of fused-ring (bicyclic) bond motifs is 2. The van der Waals surface area contributed by atoms with Crippen LogP contribution in [0.1, 0.15) is 56.3 Å². The van der Waals surface area contributed by atoms with Gasteiger partial charge in [0.15, 0.2) is 23.9 Å². The molecule has 0 amide bonds. The van der Waals surface area contributed by atoms with Crippen molar-refractivity contribution in [2.45, 2.75) is 39.9 Å². The number of amidine groups is 2. The Hall–Kier alpha value is -6.38. The van der Waals surface area contributed by atoms with Crippen molar-refractivity contribution < 1.29 is 38.1 Å². The molecule has 0 aromatic heterocycles. The lowest BCUT2D eigenvalue weighted by molar-refractivity contribution is 0.0880. The Labute approximate surface area is 359 Å². The molecular formula is C47H38F2N4O6S2. The number of oxime groups is 2. The molecule has 2 fully saturated rings. The van der Waals surface area contributed by atoms with E-state index in [-0.39, 0.29) is 44.4 Å². The molecule has 6 aromatic rings. The summed E-state index contributed by atoms with van der Waals surface area (Å²) >= 11 is 3.35. The summed E-state index contributed by atoms with van der Waals surface area (Å²) in [5.41, 5.74) is 7.24. The highest BCUT2D eigenvalue weighted by Crippen LogP contribution is 2.56. The van der Waals surface area contributed by atoms with Crippen LogP contribution in [-0.4, -0.2) is 46.6 Å². The van der Waals surface area contributed by atoms with Crippen LogP contribution in [-0.2, 0) is 16.1 Å². The zero-order valence-corrected chi connectivity index (χ0v) is 34.4. The van der Waals surface area contributed by atoms with Crippen LogP contribution in [0, 0.1) is 11.6 Å². The van der Waals surface area contributed by atoms with Gasteiger partial charge in [0.05, 0.1) is 14.2 Å². The Morgan fingerprint density at radius 2 is 0.951 bits per heavy atom. The van der Waals surface area contributed by atoms with Gasteiger partial charge < -0.3 is 39.2 Å². The van der Waals surface area contributed by atoms with Crippen molar-refractivity contribution in [3.05, 3.63) is 178 Å². The van der Waals surface area contributed by atoms with Crippen LogP contribution in [0.25, 0.3) is 0 Å². The van der Waals surface area contributed by atoms with E-state index >= 15 is 0 Å². The number of halogens is 2. The van der Waals surface area contributed by atoms with Gasteiger partial charge in [0.2, 0.25) is 0 Å².